The van der Waals surface area contributed by atoms with Gasteiger partial charge in [0.2, 0.25) is 0 Å². The van der Waals surface area contributed by atoms with Crippen molar-refractivity contribution in [3.8, 4) is 11.1 Å². The summed E-state index contributed by atoms with van der Waals surface area (Å²) in [6.07, 6.45) is 0. The van der Waals surface area contributed by atoms with E-state index in [2.05, 4.69) is 22.2 Å². The lowest BCUT2D eigenvalue weighted by Crippen LogP contribution is -2.83. The van der Waals surface area contributed by atoms with Crippen molar-refractivity contribution >= 4 is 33.2 Å². The van der Waals surface area contributed by atoms with Crippen LogP contribution in [0, 0.1) is 5.82 Å². The van der Waals surface area contributed by atoms with Crippen molar-refractivity contribution in [1.82, 2.24) is 9.97 Å². The van der Waals surface area contributed by atoms with Gasteiger partial charge in [0.15, 0.2) is 5.82 Å². The second-order valence-corrected chi connectivity index (χ2v) is 7.86. The van der Waals surface area contributed by atoms with Crippen LogP contribution in [0.3, 0.4) is 0 Å². The van der Waals surface area contributed by atoms with Gasteiger partial charge in [-0.2, -0.15) is 0 Å². The van der Waals surface area contributed by atoms with Gasteiger partial charge in [0, 0.05) is 21.5 Å². The van der Waals surface area contributed by atoms with Gasteiger partial charge in [0.05, 0.1) is 5.39 Å². The van der Waals surface area contributed by atoms with Crippen LogP contribution in [-0.2, 0) is 6.54 Å². The van der Waals surface area contributed by atoms with Crippen LogP contribution in [0.15, 0.2) is 58.7 Å². The second kappa shape index (κ2) is 7.83. The number of nitrogens with two attached hydrogens (primary N) is 1. The van der Waals surface area contributed by atoms with Crippen LogP contribution >= 0.6 is 22.9 Å². The van der Waals surface area contributed by atoms with Crippen molar-refractivity contribution in [2.24, 2.45) is 0 Å². The summed E-state index contributed by atoms with van der Waals surface area (Å²) in [5.74, 6) is 0.310. The van der Waals surface area contributed by atoms with Crippen LogP contribution in [0.4, 0.5) is 4.39 Å². The largest absolute Gasteiger partial charge is 0.334 e. The number of aromatic nitrogens is 2. The molecule has 0 unspecified atom stereocenters. The van der Waals surface area contributed by atoms with Crippen molar-refractivity contribution in [2.75, 3.05) is 0 Å². The number of nitrogens with one attached hydrogen (secondary N) is 1. The molecule has 4 aromatic rings. The zero-order valence-electron chi connectivity index (χ0n) is 15.1. The summed E-state index contributed by atoms with van der Waals surface area (Å²) in [5.41, 5.74) is 2.43. The molecule has 0 aliphatic rings. The molecule has 0 fully saturated rings. The average Bonchev–Trinajstić information content (AvgIpc) is 3.12. The van der Waals surface area contributed by atoms with E-state index in [0.717, 1.165) is 21.7 Å². The number of hydrogen-bond acceptors (Lipinski definition) is 3. The Hall–Kier alpha value is -2.54. The summed E-state index contributed by atoms with van der Waals surface area (Å²) in [7, 11) is 0. The van der Waals surface area contributed by atoms with Gasteiger partial charge >= 0.3 is 0 Å². The van der Waals surface area contributed by atoms with Gasteiger partial charge in [-0.15, -0.1) is 11.3 Å². The summed E-state index contributed by atoms with van der Waals surface area (Å²) in [5, 5.41) is 5.24. The smallest absolute Gasteiger partial charge is 0.260 e. The number of benzene rings is 2. The maximum atomic E-state index is 13.2. The van der Waals surface area contributed by atoms with E-state index in [1.165, 1.54) is 23.5 Å². The summed E-state index contributed by atoms with van der Waals surface area (Å²) in [6, 6.07) is 14.0. The van der Waals surface area contributed by atoms with E-state index in [0.29, 0.717) is 22.6 Å². The standard InChI is InChI=1S/C21H17ClFN3OS/c1-12(15-4-2-3-5-17(15)22)24-10-18-25-20(27)19-16(11-28-21(19)26-18)13-6-8-14(23)9-7-13/h2-9,11-12,24H,10H2,1H3,(H,25,26,27)/p+1/t12-/m0/s1. The molecule has 2 aromatic carbocycles. The first-order valence-electron chi connectivity index (χ1n) is 8.87. The number of halogens is 2. The van der Waals surface area contributed by atoms with E-state index in [4.69, 9.17) is 11.6 Å². The van der Waals surface area contributed by atoms with Gasteiger partial charge in [-0.25, -0.2) is 9.37 Å². The summed E-state index contributed by atoms with van der Waals surface area (Å²) >= 11 is 7.67. The second-order valence-electron chi connectivity index (χ2n) is 6.60. The number of fused-ring (bicyclic) bond motifs is 1. The van der Waals surface area contributed by atoms with Gasteiger partial charge in [0.1, 0.15) is 23.2 Å². The first-order valence-corrected chi connectivity index (χ1v) is 10.1. The molecular formula is C21H18ClFN3OS+. The molecule has 3 N–H and O–H groups in total. The minimum absolute atomic E-state index is 0.132. The van der Waals surface area contributed by atoms with Crippen LogP contribution in [0.25, 0.3) is 21.3 Å². The normalized spacial score (nSPS) is 12.4. The molecule has 0 aliphatic carbocycles. The Balaban J connectivity index is 1.59. The number of thiophene rings is 1. The number of aromatic amines is 1. The number of nitrogens with zero attached hydrogens (tertiary/aromatic N) is 1. The van der Waals surface area contributed by atoms with Crippen molar-refractivity contribution in [2.45, 2.75) is 19.5 Å². The highest BCUT2D eigenvalue weighted by molar-refractivity contribution is 7.17. The highest BCUT2D eigenvalue weighted by Crippen LogP contribution is 2.30. The molecule has 0 amide bonds. The average molecular weight is 415 g/mol. The lowest BCUT2D eigenvalue weighted by molar-refractivity contribution is -0.708. The van der Waals surface area contributed by atoms with Gasteiger partial charge in [-0.05, 0) is 30.7 Å². The fourth-order valence-corrected chi connectivity index (χ4v) is 4.47. The third-order valence-corrected chi connectivity index (χ3v) is 5.93. The van der Waals surface area contributed by atoms with E-state index in [-0.39, 0.29) is 17.4 Å². The fraction of sp³-hybridized carbons (Fsp3) is 0.143. The van der Waals surface area contributed by atoms with Crippen LogP contribution in [-0.4, -0.2) is 9.97 Å². The number of rotatable bonds is 5. The molecule has 28 heavy (non-hydrogen) atoms. The zero-order chi connectivity index (χ0) is 19.7. The van der Waals surface area contributed by atoms with Crippen LogP contribution in [0.5, 0.6) is 0 Å². The van der Waals surface area contributed by atoms with Crippen molar-refractivity contribution < 1.29 is 9.71 Å². The monoisotopic (exact) mass is 414 g/mol. The van der Waals surface area contributed by atoms with E-state index in [9.17, 15) is 9.18 Å². The number of H-pyrrole nitrogens is 1. The predicted molar refractivity (Wildman–Crippen MR) is 111 cm³/mol. The van der Waals surface area contributed by atoms with Crippen LogP contribution < -0.4 is 10.9 Å². The molecule has 0 radical (unpaired) electrons. The Morgan fingerprint density at radius 1 is 1.21 bits per heavy atom. The highest BCUT2D eigenvalue weighted by Gasteiger charge is 2.16. The molecule has 2 heterocycles. The minimum atomic E-state index is -0.305. The lowest BCUT2D eigenvalue weighted by atomic mass is 10.1. The van der Waals surface area contributed by atoms with Crippen molar-refractivity contribution in [1.29, 1.82) is 0 Å². The van der Waals surface area contributed by atoms with Gasteiger partial charge in [-0.1, -0.05) is 41.9 Å². The third kappa shape index (κ3) is 3.71. The van der Waals surface area contributed by atoms with Crippen LogP contribution in [0.1, 0.15) is 24.4 Å². The topological polar surface area (TPSA) is 62.4 Å². The Labute approximate surface area is 170 Å². The quantitative estimate of drug-likeness (QED) is 0.512. The zero-order valence-corrected chi connectivity index (χ0v) is 16.7. The van der Waals surface area contributed by atoms with E-state index >= 15 is 0 Å². The Bertz CT molecular complexity index is 1190. The van der Waals surface area contributed by atoms with E-state index < -0.39 is 0 Å². The Morgan fingerprint density at radius 3 is 2.71 bits per heavy atom. The summed E-state index contributed by atoms with van der Waals surface area (Å²) in [6.45, 7) is 2.59. The lowest BCUT2D eigenvalue weighted by Gasteiger charge is -2.12. The molecule has 0 saturated heterocycles. The number of hydrogen-bond donors (Lipinski definition) is 2. The van der Waals surface area contributed by atoms with Gasteiger partial charge < -0.3 is 10.3 Å². The van der Waals surface area contributed by atoms with E-state index in [1.54, 1.807) is 12.1 Å². The molecule has 2 aromatic heterocycles. The van der Waals surface area contributed by atoms with Crippen LogP contribution in [0.2, 0.25) is 5.02 Å². The molecule has 1 atom stereocenters. The first kappa shape index (κ1) is 18.8. The molecule has 7 heteroatoms. The van der Waals surface area contributed by atoms with Gasteiger partial charge in [-0.3, -0.25) is 4.79 Å². The Morgan fingerprint density at radius 2 is 1.96 bits per heavy atom. The molecular weight excluding hydrogens is 397 g/mol. The summed E-state index contributed by atoms with van der Waals surface area (Å²) in [4.78, 5) is 20.9. The molecule has 4 rings (SSSR count). The third-order valence-electron chi connectivity index (χ3n) is 4.71. The number of quaternary nitrogens is 1. The Kier molecular flexibility index (Phi) is 5.26. The predicted octanol–water partition coefficient (Wildman–Crippen LogP) is 4.27. The highest BCUT2D eigenvalue weighted by atomic mass is 35.5. The SMILES string of the molecule is C[C@H]([NH2+]Cc1nc2scc(-c3ccc(F)cc3)c2c(=O)[nH]1)c1ccccc1Cl. The molecule has 142 valence electrons. The molecule has 0 saturated carbocycles. The first-order chi connectivity index (χ1) is 13.5. The summed E-state index contributed by atoms with van der Waals surface area (Å²) < 4.78 is 13.2. The van der Waals surface area contributed by atoms with Crippen molar-refractivity contribution in [3.63, 3.8) is 0 Å². The molecule has 0 spiro atoms. The maximum absolute atomic E-state index is 13.2. The maximum Gasteiger partial charge on any atom is 0.260 e. The minimum Gasteiger partial charge on any atom is -0.334 e. The van der Waals surface area contributed by atoms with Crippen molar-refractivity contribution in [3.05, 3.63) is 86.5 Å². The van der Waals surface area contributed by atoms with Gasteiger partial charge in [0.25, 0.3) is 5.56 Å². The molecule has 0 aliphatic heterocycles. The van der Waals surface area contributed by atoms with E-state index in [1.807, 2.05) is 29.6 Å². The molecule has 4 nitrogen and oxygen atoms in total. The molecule has 0 bridgehead atoms. The fourth-order valence-electron chi connectivity index (χ4n) is 3.19.